The Bertz CT molecular complexity index is 486. The Morgan fingerprint density at radius 2 is 2.10 bits per heavy atom. The fourth-order valence-electron chi connectivity index (χ4n) is 3.23. The number of rotatable bonds is 3. The van der Waals surface area contributed by atoms with Gasteiger partial charge in [0.1, 0.15) is 11.6 Å². The highest BCUT2D eigenvalue weighted by Gasteiger charge is 2.38. The van der Waals surface area contributed by atoms with Gasteiger partial charge in [-0.2, -0.15) is 11.8 Å². The smallest absolute Gasteiger partial charge is 0.127 e. The van der Waals surface area contributed by atoms with Crippen LogP contribution in [0.2, 0.25) is 0 Å². The zero-order chi connectivity index (χ0) is 14.7. The number of halogens is 2. The number of nitrogens with one attached hydrogen (secondary N) is 1. The average Bonchev–Trinajstić information content (AvgIpc) is 2.49. The van der Waals surface area contributed by atoms with Crippen molar-refractivity contribution in [2.45, 2.75) is 43.9 Å². The Morgan fingerprint density at radius 3 is 2.90 bits per heavy atom. The second-order valence-electron chi connectivity index (χ2n) is 5.95. The van der Waals surface area contributed by atoms with Gasteiger partial charge in [0, 0.05) is 24.8 Å². The van der Waals surface area contributed by atoms with Crippen LogP contribution < -0.4 is 5.32 Å². The summed E-state index contributed by atoms with van der Waals surface area (Å²) < 4.78 is 32.9. The molecular formula is C16H21F2NOS. The standard InChI is InChI=1S/C16H21F2NOS/c17-13-1-2-15(18)12(9-13)11-19-14-3-6-20-16(10-14)4-7-21-8-5-16/h1-2,9,14,19H,3-8,10-11H2. The Hall–Kier alpha value is -0.650. The maximum Gasteiger partial charge on any atom is 0.127 e. The van der Waals surface area contributed by atoms with Gasteiger partial charge in [-0.3, -0.25) is 0 Å². The van der Waals surface area contributed by atoms with Crippen LogP contribution in [0, 0.1) is 11.6 Å². The minimum atomic E-state index is -0.388. The predicted octanol–water partition coefficient (Wildman–Crippen LogP) is 3.50. The third-order valence-electron chi connectivity index (χ3n) is 4.49. The molecule has 21 heavy (non-hydrogen) atoms. The van der Waals surface area contributed by atoms with E-state index in [-0.39, 0.29) is 17.2 Å². The van der Waals surface area contributed by atoms with Crippen molar-refractivity contribution < 1.29 is 13.5 Å². The van der Waals surface area contributed by atoms with Gasteiger partial charge < -0.3 is 10.1 Å². The van der Waals surface area contributed by atoms with Crippen molar-refractivity contribution in [2.75, 3.05) is 18.1 Å². The fraction of sp³-hybridized carbons (Fsp3) is 0.625. The van der Waals surface area contributed by atoms with E-state index in [1.807, 2.05) is 11.8 Å². The Balaban J connectivity index is 1.58. The van der Waals surface area contributed by atoms with Gasteiger partial charge in [0.2, 0.25) is 0 Å². The van der Waals surface area contributed by atoms with E-state index in [0.717, 1.165) is 49.9 Å². The third kappa shape index (κ3) is 3.76. The topological polar surface area (TPSA) is 21.3 Å². The van der Waals surface area contributed by atoms with E-state index < -0.39 is 0 Å². The monoisotopic (exact) mass is 313 g/mol. The summed E-state index contributed by atoms with van der Waals surface area (Å²) in [4.78, 5) is 0. The van der Waals surface area contributed by atoms with Crippen LogP contribution in [0.25, 0.3) is 0 Å². The van der Waals surface area contributed by atoms with Crippen LogP contribution in [-0.2, 0) is 11.3 Å². The van der Waals surface area contributed by atoms with Crippen molar-refractivity contribution in [3.63, 3.8) is 0 Å². The van der Waals surface area contributed by atoms with Crippen molar-refractivity contribution in [3.05, 3.63) is 35.4 Å². The van der Waals surface area contributed by atoms with E-state index in [4.69, 9.17) is 4.74 Å². The van der Waals surface area contributed by atoms with E-state index in [1.54, 1.807) is 0 Å². The van der Waals surface area contributed by atoms with Crippen molar-refractivity contribution >= 4 is 11.8 Å². The number of hydrogen-bond donors (Lipinski definition) is 1. The normalized spacial score (nSPS) is 25.1. The summed E-state index contributed by atoms with van der Waals surface area (Å²) in [7, 11) is 0. The first-order valence-electron chi connectivity index (χ1n) is 7.56. The molecule has 2 heterocycles. The molecule has 0 amide bonds. The van der Waals surface area contributed by atoms with Crippen LogP contribution >= 0.6 is 11.8 Å². The molecule has 2 aliphatic rings. The SMILES string of the molecule is Fc1ccc(F)c(CNC2CCOC3(CCSCC3)C2)c1. The molecule has 1 N–H and O–H groups in total. The van der Waals surface area contributed by atoms with E-state index in [9.17, 15) is 8.78 Å². The lowest BCUT2D eigenvalue weighted by Gasteiger charge is -2.43. The summed E-state index contributed by atoms with van der Waals surface area (Å²) in [6.45, 7) is 1.13. The molecule has 1 spiro atoms. The summed E-state index contributed by atoms with van der Waals surface area (Å²) >= 11 is 1.99. The molecule has 0 saturated carbocycles. The maximum absolute atomic E-state index is 13.6. The summed E-state index contributed by atoms with van der Waals surface area (Å²) in [5.41, 5.74) is 0.413. The van der Waals surface area contributed by atoms with Gasteiger partial charge in [-0.1, -0.05) is 0 Å². The molecule has 2 saturated heterocycles. The van der Waals surface area contributed by atoms with Crippen molar-refractivity contribution in [1.29, 1.82) is 0 Å². The molecule has 1 atom stereocenters. The van der Waals surface area contributed by atoms with Crippen molar-refractivity contribution in [2.24, 2.45) is 0 Å². The largest absolute Gasteiger partial charge is 0.375 e. The first kappa shape index (κ1) is 15.3. The molecule has 116 valence electrons. The van der Waals surface area contributed by atoms with Crippen molar-refractivity contribution in [3.8, 4) is 0 Å². The van der Waals surface area contributed by atoms with E-state index in [2.05, 4.69) is 5.32 Å². The molecule has 1 unspecified atom stereocenters. The van der Waals surface area contributed by atoms with Gasteiger partial charge in [0.25, 0.3) is 0 Å². The lowest BCUT2D eigenvalue weighted by Crippen LogP contribution is -2.48. The zero-order valence-electron chi connectivity index (χ0n) is 12.0. The minimum absolute atomic E-state index is 0.0155. The van der Waals surface area contributed by atoms with Gasteiger partial charge in [0.15, 0.2) is 0 Å². The fourth-order valence-corrected chi connectivity index (χ4v) is 4.46. The summed E-state index contributed by atoms with van der Waals surface area (Å²) in [5.74, 6) is 1.58. The molecule has 5 heteroatoms. The van der Waals surface area contributed by atoms with Crippen LogP contribution in [0.3, 0.4) is 0 Å². The molecule has 1 aromatic carbocycles. The first-order valence-corrected chi connectivity index (χ1v) is 8.71. The van der Waals surface area contributed by atoms with Gasteiger partial charge in [-0.05, 0) is 55.4 Å². The minimum Gasteiger partial charge on any atom is -0.375 e. The third-order valence-corrected chi connectivity index (χ3v) is 5.47. The first-order chi connectivity index (χ1) is 10.2. The molecule has 0 radical (unpaired) electrons. The molecule has 2 aliphatic heterocycles. The van der Waals surface area contributed by atoms with Crippen LogP contribution in [0.15, 0.2) is 18.2 Å². The van der Waals surface area contributed by atoms with Crippen molar-refractivity contribution in [1.82, 2.24) is 5.32 Å². The summed E-state index contributed by atoms with van der Waals surface area (Å²) in [6.07, 6.45) is 4.12. The number of thioether (sulfide) groups is 1. The number of ether oxygens (including phenoxy) is 1. The van der Waals surface area contributed by atoms with Gasteiger partial charge in [-0.15, -0.1) is 0 Å². The lowest BCUT2D eigenvalue weighted by molar-refractivity contribution is -0.0933. The second kappa shape index (κ2) is 6.63. The molecule has 1 aromatic rings. The van der Waals surface area contributed by atoms with E-state index in [1.165, 1.54) is 12.1 Å². The molecule has 2 fully saturated rings. The molecule has 3 rings (SSSR count). The quantitative estimate of drug-likeness (QED) is 0.923. The lowest BCUT2D eigenvalue weighted by atomic mass is 9.85. The highest BCUT2D eigenvalue weighted by atomic mass is 32.2. The van der Waals surface area contributed by atoms with Crippen LogP contribution in [0.5, 0.6) is 0 Å². The predicted molar refractivity (Wildman–Crippen MR) is 81.5 cm³/mol. The number of benzene rings is 1. The van der Waals surface area contributed by atoms with E-state index >= 15 is 0 Å². The number of hydrogen-bond acceptors (Lipinski definition) is 3. The van der Waals surface area contributed by atoms with Crippen LogP contribution in [0.4, 0.5) is 8.78 Å². The molecule has 0 aliphatic carbocycles. The molecule has 2 nitrogen and oxygen atoms in total. The van der Waals surface area contributed by atoms with Gasteiger partial charge >= 0.3 is 0 Å². The molecular weight excluding hydrogens is 292 g/mol. The Labute approximate surface area is 128 Å². The van der Waals surface area contributed by atoms with Crippen LogP contribution in [0.1, 0.15) is 31.2 Å². The van der Waals surface area contributed by atoms with Crippen LogP contribution in [-0.4, -0.2) is 29.8 Å². The highest BCUT2D eigenvalue weighted by Crippen LogP contribution is 2.37. The zero-order valence-corrected chi connectivity index (χ0v) is 12.9. The van der Waals surface area contributed by atoms with E-state index in [0.29, 0.717) is 18.2 Å². The molecule has 0 bridgehead atoms. The average molecular weight is 313 g/mol. The van der Waals surface area contributed by atoms with Gasteiger partial charge in [0.05, 0.1) is 5.60 Å². The second-order valence-corrected chi connectivity index (χ2v) is 7.17. The highest BCUT2D eigenvalue weighted by molar-refractivity contribution is 7.99. The van der Waals surface area contributed by atoms with Gasteiger partial charge in [-0.25, -0.2) is 8.78 Å². The Morgan fingerprint density at radius 1 is 1.29 bits per heavy atom. The maximum atomic E-state index is 13.6. The summed E-state index contributed by atoms with van der Waals surface area (Å²) in [6, 6.07) is 3.94. The molecule has 0 aromatic heterocycles. The summed E-state index contributed by atoms with van der Waals surface area (Å²) in [5, 5.41) is 3.38. The Kier molecular flexibility index (Phi) is 4.82.